The van der Waals surface area contributed by atoms with Crippen LogP contribution < -0.4 is 20.1 Å². The Hall–Kier alpha value is -2.17. The average Bonchev–Trinajstić information content (AvgIpc) is 2.67. The minimum atomic E-state index is 0.758. The molecular formula is C20H31N3O2. The minimum absolute atomic E-state index is 0.758. The molecule has 0 unspecified atom stereocenters. The summed E-state index contributed by atoms with van der Waals surface area (Å²) in [5.74, 6) is 2.38. The van der Waals surface area contributed by atoms with Crippen LogP contribution >= 0.6 is 0 Å². The summed E-state index contributed by atoms with van der Waals surface area (Å²) in [6.45, 7) is 1.75. The first kappa shape index (κ1) is 19.2. The number of guanidine groups is 1. The van der Waals surface area contributed by atoms with Gasteiger partial charge in [0.1, 0.15) is 0 Å². The standard InChI is InChI=1S/C20H31N3O2/c1-21-20(22-13-11-16-7-5-4-6-8-16)23-14-12-17-9-10-18(24-2)19(15-17)25-3/h7,9-10,15H,4-6,8,11-14H2,1-3H3,(H2,21,22,23). The zero-order valence-electron chi connectivity index (χ0n) is 15.7. The van der Waals surface area contributed by atoms with Gasteiger partial charge in [0, 0.05) is 20.1 Å². The van der Waals surface area contributed by atoms with Crippen molar-refractivity contribution in [3.05, 3.63) is 35.4 Å². The fraction of sp³-hybridized carbons (Fsp3) is 0.550. The average molecular weight is 345 g/mol. The predicted octanol–water partition coefficient (Wildman–Crippen LogP) is 3.30. The van der Waals surface area contributed by atoms with E-state index in [1.807, 2.05) is 19.2 Å². The number of allylic oxidation sites excluding steroid dienone is 1. The molecule has 0 fully saturated rings. The molecule has 5 heteroatoms. The number of rotatable bonds is 8. The molecule has 0 saturated heterocycles. The van der Waals surface area contributed by atoms with Crippen molar-refractivity contribution in [3.63, 3.8) is 0 Å². The Bertz CT molecular complexity index is 597. The highest BCUT2D eigenvalue weighted by molar-refractivity contribution is 5.79. The van der Waals surface area contributed by atoms with Crippen molar-refractivity contribution in [1.29, 1.82) is 0 Å². The van der Waals surface area contributed by atoms with Gasteiger partial charge in [0.25, 0.3) is 0 Å². The summed E-state index contributed by atoms with van der Waals surface area (Å²) < 4.78 is 10.6. The first-order valence-electron chi connectivity index (χ1n) is 9.10. The van der Waals surface area contributed by atoms with E-state index in [-0.39, 0.29) is 0 Å². The normalized spacial score (nSPS) is 14.7. The molecule has 1 aliphatic carbocycles. The lowest BCUT2D eigenvalue weighted by atomic mass is 9.97. The van der Waals surface area contributed by atoms with Crippen molar-refractivity contribution < 1.29 is 9.47 Å². The molecule has 0 atom stereocenters. The lowest BCUT2D eigenvalue weighted by Gasteiger charge is -2.15. The number of hydrogen-bond donors (Lipinski definition) is 2. The Kier molecular flexibility index (Phi) is 8.16. The molecule has 5 nitrogen and oxygen atoms in total. The Morgan fingerprint density at radius 2 is 1.80 bits per heavy atom. The van der Waals surface area contributed by atoms with Gasteiger partial charge in [-0.15, -0.1) is 0 Å². The SMILES string of the molecule is CN=C(NCCC1=CCCCC1)NCCc1ccc(OC)c(OC)c1. The van der Waals surface area contributed by atoms with E-state index in [0.29, 0.717) is 0 Å². The number of ether oxygens (including phenoxy) is 2. The first-order chi connectivity index (χ1) is 12.3. The molecule has 25 heavy (non-hydrogen) atoms. The molecule has 1 aromatic carbocycles. The molecular weight excluding hydrogens is 314 g/mol. The summed E-state index contributed by atoms with van der Waals surface area (Å²) >= 11 is 0. The molecule has 138 valence electrons. The lowest BCUT2D eigenvalue weighted by molar-refractivity contribution is 0.354. The van der Waals surface area contributed by atoms with E-state index in [2.05, 4.69) is 27.8 Å². The van der Waals surface area contributed by atoms with Gasteiger partial charge in [0.2, 0.25) is 0 Å². The maximum absolute atomic E-state index is 5.35. The van der Waals surface area contributed by atoms with E-state index in [1.54, 1.807) is 19.8 Å². The van der Waals surface area contributed by atoms with E-state index < -0.39 is 0 Å². The van der Waals surface area contributed by atoms with Crippen LogP contribution in [0, 0.1) is 0 Å². The molecule has 2 N–H and O–H groups in total. The van der Waals surface area contributed by atoms with Crippen molar-refractivity contribution in [2.24, 2.45) is 4.99 Å². The maximum Gasteiger partial charge on any atom is 0.190 e. The summed E-state index contributed by atoms with van der Waals surface area (Å²) in [5, 5.41) is 6.77. The van der Waals surface area contributed by atoms with Gasteiger partial charge in [0.15, 0.2) is 17.5 Å². The monoisotopic (exact) mass is 345 g/mol. The molecule has 2 rings (SSSR count). The molecule has 0 spiro atoms. The third-order valence-corrected chi connectivity index (χ3v) is 4.50. The van der Waals surface area contributed by atoms with Crippen LogP contribution in [0.2, 0.25) is 0 Å². The molecule has 0 bridgehead atoms. The quantitative estimate of drug-likeness (QED) is 0.431. The van der Waals surface area contributed by atoms with Crippen LogP contribution in [0.15, 0.2) is 34.8 Å². The third-order valence-electron chi connectivity index (χ3n) is 4.50. The zero-order chi connectivity index (χ0) is 17.9. The Labute approximate surface area is 151 Å². The van der Waals surface area contributed by atoms with Crippen molar-refractivity contribution in [2.45, 2.75) is 38.5 Å². The topological polar surface area (TPSA) is 54.9 Å². The fourth-order valence-electron chi connectivity index (χ4n) is 3.06. The van der Waals surface area contributed by atoms with Crippen molar-refractivity contribution in [1.82, 2.24) is 10.6 Å². The molecule has 0 radical (unpaired) electrons. The summed E-state index contributed by atoms with van der Waals surface area (Å²) in [6, 6.07) is 6.03. The molecule has 0 aliphatic heterocycles. The van der Waals surface area contributed by atoms with Crippen molar-refractivity contribution in [3.8, 4) is 11.5 Å². The van der Waals surface area contributed by atoms with E-state index in [0.717, 1.165) is 43.4 Å². The minimum Gasteiger partial charge on any atom is -0.493 e. The maximum atomic E-state index is 5.35. The highest BCUT2D eigenvalue weighted by atomic mass is 16.5. The highest BCUT2D eigenvalue weighted by Crippen LogP contribution is 2.27. The first-order valence-corrected chi connectivity index (χ1v) is 9.10. The second kappa shape index (κ2) is 10.6. The van der Waals surface area contributed by atoms with Crippen LogP contribution in [0.4, 0.5) is 0 Å². The van der Waals surface area contributed by atoms with E-state index in [4.69, 9.17) is 9.47 Å². The van der Waals surface area contributed by atoms with Crippen LogP contribution in [-0.2, 0) is 6.42 Å². The lowest BCUT2D eigenvalue weighted by Crippen LogP contribution is -2.38. The van der Waals surface area contributed by atoms with Crippen LogP contribution in [0.25, 0.3) is 0 Å². The van der Waals surface area contributed by atoms with Crippen molar-refractivity contribution >= 4 is 5.96 Å². The number of nitrogens with one attached hydrogen (secondary N) is 2. The highest BCUT2D eigenvalue weighted by Gasteiger charge is 2.06. The van der Waals surface area contributed by atoms with E-state index in [9.17, 15) is 0 Å². The Morgan fingerprint density at radius 3 is 2.44 bits per heavy atom. The molecule has 0 saturated carbocycles. The fourth-order valence-corrected chi connectivity index (χ4v) is 3.06. The number of benzene rings is 1. The van der Waals surface area contributed by atoms with Gasteiger partial charge in [-0.05, 0) is 56.2 Å². The molecule has 0 aromatic heterocycles. The van der Waals surface area contributed by atoms with Gasteiger partial charge in [-0.3, -0.25) is 4.99 Å². The second-order valence-corrected chi connectivity index (χ2v) is 6.22. The van der Waals surface area contributed by atoms with Gasteiger partial charge < -0.3 is 20.1 Å². The predicted molar refractivity (Wildman–Crippen MR) is 104 cm³/mol. The molecule has 0 amide bonds. The Balaban J connectivity index is 1.72. The van der Waals surface area contributed by atoms with E-state index in [1.165, 1.54) is 31.2 Å². The largest absolute Gasteiger partial charge is 0.493 e. The second-order valence-electron chi connectivity index (χ2n) is 6.22. The Morgan fingerprint density at radius 1 is 1.04 bits per heavy atom. The van der Waals surface area contributed by atoms with Crippen LogP contribution in [0.3, 0.4) is 0 Å². The van der Waals surface area contributed by atoms with Crippen LogP contribution in [-0.4, -0.2) is 40.3 Å². The number of aliphatic imine (C=N–C) groups is 1. The molecule has 0 heterocycles. The summed E-state index contributed by atoms with van der Waals surface area (Å²) in [6.07, 6.45) is 9.59. The van der Waals surface area contributed by atoms with Gasteiger partial charge in [-0.2, -0.15) is 0 Å². The summed E-state index contributed by atoms with van der Waals surface area (Å²) in [7, 11) is 5.12. The number of hydrogen-bond acceptors (Lipinski definition) is 3. The summed E-state index contributed by atoms with van der Waals surface area (Å²) in [4.78, 5) is 4.29. The zero-order valence-corrected chi connectivity index (χ0v) is 15.7. The van der Waals surface area contributed by atoms with Crippen LogP contribution in [0.5, 0.6) is 11.5 Å². The molecule has 1 aromatic rings. The number of nitrogens with zero attached hydrogens (tertiary/aromatic N) is 1. The van der Waals surface area contributed by atoms with Gasteiger partial charge in [0.05, 0.1) is 14.2 Å². The van der Waals surface area contributed by atoms with Crippen LogP contribution in [0.1, 0.15) is 37.7 Å². The van der Waals surface area contributed by atoms with Crippen molar-refractivity contribution in [2.75, 3.05) is 34.4 Å². The summed E-state index contributed by atoms with van der Waals surface area (Å²) in [5.41, 5.74) is 2.78. The van der Waals surface area contributed by atoms with Gasteiger partial charge >= 0.3 is 0 Å². The molecule has 1 aliphatic rings. The number of methoxy groups -OCH3 is 2. The third kappa shape index (κ3) is 6.33. The van der Waals surface area contributed by atoms with Gasteiger partial charge in [-0.25, -0.2) is 0 Å². The van der Waals surface area contributed by atoms with E-state index >= 15 is 0 Å². The van der Waals surface area contributed by atoms with Gasteiger partial charge in [-0.1, -0.05) is 17.7 Å². The smallest absolute Gasteiger partial charge is 0.190 e.